The smallest absolute Gasteiger partial charge is 0.258 e. The zero-order valence-corrected chi connectivity index (χ0v) is 11.6. The summed E-state index contributed by atoms with van der Waals surface area (Å²) in [6, 6.07) is 0. The van der Waals surface area contributed by atoms with Gasteiger partial charge in [0, 0.05) is 39.1 Å². The summed E-state index contributed by atoms with van der Waals surface area (Å²) in [6.07, 6.45) is 0.00440. The van der Waals surface area contributed by atoms with Crippen LogP contribution in [0.5, 0.6) is 0 Å². The maximum atomic E-state index is 13.6. The minimum Gasteiger partial charge on any atom is -0.378 e. The number of hydrogen-bond donors (Lipinski definition) is 0. The van der Waals surface area contributed by atoms with Gasteiger partial charge in [-0.15, -0.1) is 0 Å². The lowest BCUT2D eigenvalue weighted by molar-refractivity contribution is -0.0291. The van der Waals surface area contributed by atoms with E-state index in [1.54, 1.807) is 0 Å². The van der Waals surface area contributed by atoms with Gasteiger partial charge in [-0.05, 0) is 20.9 Å². The van der Waals surface area contributed by atoms with Crippen LogP contribution in [-0.2, 0) is 4.74 Å². The van der Waals surface area contributed by atoms with Crippen molar-refractivity contribution < 1.29 is 13.5 Å². The molecule has 0 aromatic heterocycles. The lowest BCUT2D eigenvalue weighted by Crippen LogP contribution is -2.48. The Labute approximate surface area is 108 Å². The van der Waals surface area contributed by atoms with Crippen LogP contribution in [0.25, 0.3) is 0 Å². The normalized spacial score (nSPS) is 33.0. The Morgan fingerprint density at radius 1 is 1.17 bits per heavy atom. The van der Waals surface area contributed by atoms with E-state index in [0.29, 0.717) is 6.54 Å². The summed E-state index contributed by atoms with van der Waals surface area (Å²) in [6.45, 7) is 8.14. The van der Waals surface area contributed by atoms with Crippen LogP contribution in [0.1, 0.15) is 20.3 Å². The van der Waals surface area contributed by atoms with Crippen LogP contribution in [-0.4, -0.2) is 68.2 Å². The Morgan fingerprint density at radius 2 is 1.72 bits per heavy atom. The van der Waals surface area contributed by atoms with E-state index in [0.717, 1.165) is 26.2 Å². The molecule has 5 heteroatoms. The highest BCUT2D eigenvalue weighted by molar-refractivity contribution is 5.12. The van der Waals surface area contributed by atoms with Gasteiger partial charge in [-0.25, -0.2) is 8.78 Å². The molecule has 106 valence electrons. The number of halogens is 2. The Kier molecular flexibility index (Phi) is 3.95. The van der Waals surface area contributed by atoms with Crippen molar-refractivity contribution in [2.45, 2.75) is 32.3 Å². The maximum Gasteiger partial charge on any atom is 0.258 e. The molecular weight excluding hydrogens is 238 g/mol. The number of nitrogens with zero attached hydrogens (tertiary/aromatic N) is 2. The van der Waals surface area contributed by atoms with E-state index in [1.165, 1.54) is 0 Å². The van der Waals surface area contributed by atoms with Crippen LogP contribution in [0.4, 0.5) is 8.78 Å². The fraction of sp³-hybridized carbons (Fsp3) is 1.00. The topological polar surface area (TPSA) is 15.7 Å². The van der Waals surface area contributed by atoms with Crippen molar-refractivity contribution in [2.24, 2.45) is 5.41 Å². The van der Waals surface area contributed by atoms with E-state index in [9.17, 15) is 8.78 Å². The highest BCUT2D eigenvalue weighted by atomic mass is 19.3. The second kappa shape index (κ2) is 5.02. The molecular formula is C13H24F2N2O. The van der Waals surface area contributed by atoms with Gasteiger partial charge in [-0.2, -0.15) is 0 Å². The van der Waals surface area contributed by atoms with Crippen molar-refractivity contribution in [3.8, 4) is 0 Å². The first-order chi connectivity index (χ1) is 8.35. The third-order valence-electron chi connectivity index (χ3n) is 4.03. The van der Waals surface area contributed by atoms with Gasteiger partial charge in [0.2, 0.25) is 0 Å². The second-order valence-corrected chi connectivity index (χ2v) is 6.10. The summed E-state index contributed by atoms with van der Waals surface area (Å²) < 4.78 is 32.7. The van der Waals surface area contributed by atoms with Crippen molar-refractivity contribution in [1.29, 1.82) is 0 Å². The van der Waals surface area contributed by atoms with Crippen LogP contribution in [0.15, 0.2) is 0 Å². The number of hydrogen-bond acceptors (Lipinski definition) is 3. The molecule has 2 rings (SSSR count). The number of rotatable bonds is 5. The molecule has 1 saturated heterocycles. The molecule has 0 spiro atoms. The van der Waals surface area contributed by atoms with E-state index in [1.807, 2.05) is 13.8 Å². The zero-order chi connectivity index (χ0) is 13.4. The standard InChI is InChI=1S/C13H24F2N2O/c1-11(2)18-10-12(8-13(12,14)15)9-17-6-4-16(3)5-7-17/h11H,4-10H2,1-3H3. The summed E-state index contributed by atoms with van der Waals surface area (Å²) in [5.41, 5.74) is -0.923. The third kappa shape index (κ3) is 3.00. The molecule has 0 radical (unpaired) electrons. The number of ether oxygens (including phenoxy) is 1. The van der Waals surface area contributed by atoms with E-state index >= 15 is 0 Å². The molecule has 18 heavy (non-hydrogen) atoms. The van der Waals surface area contributed by atoms with E-state index in [4.69, 9.17) is 4.74 Å². The van der Waals surface area contributed by atoms with Gasteiger partial charge in [0.15, 0.2) is 0 Å². The molecule has 2 fully saturated rings. The van der Waals surface area contributed by atoms with Gasteiger partial charge in [-0.1, -0.05) is 0 Å². The van der Waals surface area contributed by atoms with Gasteiger partial charge >= 0.3 is 0 Å². The first-order valence-electron chi connectivity index (χ1n) is 6.75. The summed E-state index contributed by atoms with van der Waals surface area (Å²) in [7, 11) is 2.07. The number of piperazine rings is 1. The van der Waals surface area contributed by atoms with Crippen molar-refractivity contribution in [2.75, 3.05) is 46.4 Å². The SMILES string of the molecule is CC(C)OCC1(CN2CCN(C)CC2)CC1(F)F. The van der Waals surface area contributed by atoms with Crippen LogP contribution in [0.3, 0.4) is 0 Å². The maximum absolute atomic E-state index is 13.6. The molecule has 0 N–H and O–H groups in total. The molecule has 0 aromatic carbocycles. The first kappa shape index (κ1) is 14.2. The van der Waals surface area contributed by atoms with Gasteiger partial charge in [0.25, 0.3) is 5.92 Å². The predicted molar refractivity (Wildman–Crippen MR) is 67.0 cm³/mol. The average Bonchev–Trinajstić information content (AvgIpc) is 2.82. The minimum absolute atomic E-state index is 0.0148. The largest absolute Gasteiger partial charge is 0.378 e. The lowest BCUT2D eigenvalue weighted by Gasteiger charge is -2.35. The summed E-state index contributed by atoms with van der Waals surface area (Å²) in [5, 5.41) is 0. The summed E-state index contributed by atoms with van der Waals surface area (Å²) >= 11 is 0. The van der Waals surface area contributed by atoms with Crippen molar-refractivity contribution in [3.63, 3.8) is 0 Å². The number of alkyl halides is 2. The van der Waals surface area contributed by atoms with Crippen LogP contribution in [0.2, 0.25) is 0 Å². The van der Waals surface area contributed by atoms with Gasteiger partial charge in [0.05, 0.1) is 18.1 Å². The summed E-state index contributed by atoms with van der Waals surface area (Å²) in [5.74, 6) is -2.54. The minimum atomic E-state index is -2.54. The molecule has 0 aromatic rings. The molecule has 1 unspecified atom stereocenters. The molecule has 1 aliphatic carbocycles. The highest BCUT2D eigenvalue weighted by Gasteiger charge is 2.71. The van der Waals surface area contributed by atoms with E-state index in [2.05, 4.69) is 16.8 Å². The fourth-order valence-corrected chi connectivity index (χ4v) is 2.51. The monoisotopic (exact) mass is 262 g/mol. The first-order valence-corrected chi connectivity index (χ1v) is 6.75. The number of likely N-dealkylation sites (N-methyl/N-ethyl adjacent to an activating group) is 1. The van der Waals surface area contributed by atoms with Gasteiger partial charge < -0.3 is 9.64 Å². The Bertz CT molecular complexity index is 291. The Hall–Kier alpha value is -0.260. The third-order valence-corrected chi connectivity index (χ3v) is 4.03. The zero-order valence-electron chi connectivity index (χ0n) is 11.6. The van der Waals surface area contributed by atoms with Crippen LogP contribution < -0.4 is 0 Å². The molecule has 0 amide bonds. The molecule has 0 bridgehead atoms. The average molecular weight is 262 g/mol. The van der Waals surface area contributed by atoms with Crippen molar-refractivity contribution in [1.82, 2.24) is 9.80 Å². The van der Waals surface area contributed by atoms with Crippen molar-refractivity contribution in [3.05, 3.63) is 0 Å². The Morgan fingerprint density at radius 3 is 2.17 bits per heavy atom. The predicted octanol–water partition coefficient (Wildman–Crippen LogP) is 1.68. The Balaban J connectivity index is 1.88. The van der Waals surface area contributed by atoms with Crippen molar-refractivity contribution >= 4 is 0 Å². The van der Waals surface area contributed by atoms with Crippen LogP contribution in [0, 0.1) is 5.41 Å². The fourth-order valence-electron chi connectivity index (χ4n) is 2.51. The highest BCUT2D eigenvalue weighted by Crippen LogP contribution is 2.61. The molecule has 3 nitrogen and oxygen atoms in total. The quantitative estimate of drug-likeness (QED) is 0.750. The van der Waals surface area contributed by atoms with Gasteiger partial charge in [0.1, 0.15) is 0 Å². The second-order valence-electron chi connectivity index (χ2n) is 6.10. The molecule has 1 heterocycles. The molecule has 2 aliphatic rings. The summed E-state index contributed by atoms with van der Waals surface area (Å²) in [4.78, 5) is 4.39. The van der Waals surface area contributed by atoms with E-state index < -0.39 is 11.3 Å². The molecule has 1 atom stereocenters. The molecule has 1 saturated carbocycles. The van der Waals surface area contributed by atoms with E-state index in [-0.39, 0.29) is 19.1 Å². The molecule has 1 aliphatic heterocycles. The van der Waals surface area contributed by atoms with Gasteiger partial charge in [-0.3, -0.25) is 4.90 Å². The van der Waals surface area contributed by atoms with Crippen LogP contribution >= 0.6 is 0 Å². The lowest BCUT2D eigenvalue weighted by atomic mass is 10.1.